The molecule has 7 nitrogen and oxygen atoms in total. The summed E-state index contributed by atoms with van der Waals surface area (Å²) in [4.78, 5) is 14.2. The molecule has 148 valence electrons. The average molecular weight is 401 g/mol. The van der Waals surface area contributed by atoms with Crippen LogP contribution in [0.3, 0.4) is 0 Å². The summed E-state index contributed by atoms with van der Waals surface area (Å²) < 4.78 is 11.2. The summed E-state index contributed by atoms with van der Waals surface area (Å²) >= 11 is 1.18. The van der Waals surface area contributed by atoms with Gasteiger partial charge in [-0.2, -0.15) is 5.26 Å². The number of nitrogens with zero attached hydrogens (tertiary/aromatic N) is 4. The van der Waals surface area contributed by atoms with Gasteiger partial charge in [0.05, 0.1) is 11.8 Å². The van der Waals surface area contributed by atoms with Crippen molar-refractivity contribution in [2.45, 2.75) is 56.4 Å². The predicted molar refractivity (Wildman–Crippen MR) is 105 cm³/mol. The number of aryl methyl sites for hydroxylation is 1. The number of aromatic nitrogens is 2. The van der Waals surface area contributed by atoms with Crippen LogP contribution in [-0.2, 0) is 11.4 Å². The molecule has 0 spiro atoms. The van der Waals surface area contributed by atoms with E-state index in [1.165, 1.54) is 11.8 Å². The fourth-order valence-corrected chi connectivity index (χ4v) is 4.02. The maximum Gasteiger partial charge on any atom is 0.277 e. The third-order valence-electron chi connectivity index (χ3n) is 5.02. The van der Waals surface area contributed by atoms with Gasteiger partial charge in [0.1, 0.15) is 11.3 Å². The summed E-state index contributed by atoms with van der Waals surface area (Å²) in [6, 6.07) is 10.1. The van der Waals surface area contributed by atoms with Crippen LogP contribution in [0.2, 0.25) is 0 Å². The monoisotopic (exact) mass is 400 g/mol. The van der Waals surface area contributed by atoms with Gasteiger partial charge in [-0.3, -0.25) is 4.79 Å². The van der Waals surface area contributed by atoms with E-state index in [1.54, 1.807) is 11.9 Å². The van der Waals surface area contributed by atoms with Crippen molar-refractivity contribution in [3.8, 4) is 11.8 Å². The molecule has 1 aliphatic carbocycles. The van der Waals surface area contributed by atoms with E-state index in [0.29, 0.717) is 11.1 Å². The van der Waals surface area contributed by atoms with E-state index < -0.39 is 5.54 Å². The lowest BCUT2D eigenvalue weighted by Gasteiger charge is -2.38. The number of benzene rings is 1. The summed E-state index contributed by atoms with van der Waals surface area (Å²) in [7, 11) is 1.71. The first-order valence-electron chi connectivity index (χ1n) is 9.35. The first-order chi connectivity index (χ1) is 13.5. The number of rotatable bonds is 7. The Kier molecular flexibility index (Phi) is 6.57. The number of carbonyl (C=O) groups excluding carboxylic acids is 1. The standard InChI is InChI=1S/C20H24N4O3S/c1-15-7-6-8-16(11-15)26-12-17-22-23-19(27-17)28-13-18(25)24(2)20(14-21)9-4-3-5-10-20/h6-8,11H,3-5,9-10,12-13H2,1-2H3. The Labute approximate surface area is 169 Å². The second-order valence-electron chi connectivity index (χ2n) is 7.01. The Bertz CT molecular complexity index is 855. The molecule has 0 saturated heterocycles. The van der Waals surface area contributed by atoms with E-state index in [-0.39, 0.29) is 18.3 Å². The molecule has 1 heterocycles. The number of amides is 1. The van der Waals surface area contributed by atoms with E-state index in [1.807, 2.05) is 31.2 Å². The minimum absolute atomic E-state index is 0.107. The number of hydrogen-bond donors (Lipinski definition) is 0. The Morgan fingerprint density at radius 1 is 1.36 bits per heavy atom. The smallest absolute Gasteiger partial charge is 0.277 e. The highest BCUT2D eigenvalue weighted by Gasteiger charge is 2.38. The summed E-state index contributed by atoms with van der Waals surface area (Å²) in [5.41, 5.74) is 0.424. The minimum Gasteiger partial charge on any atom is -0.484 e. The fourth-order valence-electron chi connectivity index (χ4n) is 3.32. The number of nitriles is 1. The van der Waals surface area contributed by atoms with Crippen LogP contribution in [0.4, 0.5) is 0 Å². The van der Waals surface area contributed by atoms with Crippen LogP contribution in [0.15, 0.2) is 33.9 Å². The van der Waals surface area contributed by atoms with Gasteiger partial charge in [0.25, 0.3) is 11.1 Å². The third-order valence-corrected chi connectivity index (χ3v) is 5.83. The zero-order chi connectivity index (χ0) is 20.0. The Hall–Kier alpha value is -2.53. The highest BCUT2D eigenvalue weighted by atomic mass is 32.2. The van der Waals surface area contributed by atoms with Crippen molar-refractivity contribution in [1.29, 1.82) is 5.26 Å². The van der Waals surface area contributed by atoms with Crippen LogP contribution in [0, 0.1) is 18.3 Å². The molecule has 2 aromatic rings. The zero-order valence-electron chi connectivity index (χ0n) is 16.2. The van der Waals surface area contributed by atoms with Crippen LogP contribution in [-0.4, -0.2) is 39.3 Å². The molecule has 1 aliphatic rings. The molecule has 1 aromatic carbocycles. The molecule has 1 aromatic heterocycles. The molecule has 0 bridgehead atoms. The molecule has 1 saturated carbocycles. The molecule has 28 heavy (non-hydrogen) atoms. The van der Waals surface area contributed by atoms with Crippen LogP contribution in [0.1, 0.15) is 43.6 Å². The fraction of sp³-hybridized carbons (Fsp3) is 0.500. The van der Waals surface area contributed by atoms with Gasteiger partial charge in [-0.15, -0.1) is 10.2 Å². The van der Waals surface area contributed by atoms with Crippen molar-refractivity contribution in [2.24, 2.45) is 0 Å². The van der Waals surface area contributed by atoms with Gasteiger partial charge in [0.15, 0.2) is 6.61 Å². The molecule has 8 heteroatoms. The Balaban J connectivity index is 1.51. The first-order valence-corrected chi connectivity index (χ1v) is 10.3. The maximum atomic E-state index is 12.6. The average Bonchev–Trinajstić information content (AvgIpc) is 3.18. The molecule has 0 aliphatic heterocycles. The molecular weight excluding hydrogens is 376 g/mol. The second-order valence-corrected chi connectivity index (χ2v) is 7.94. The van der Waals surface area contributed by atoms with Gasteiger partial charge < -0.3 is 14.1 Å². The second kappa shape index (κ2) is 9.11. The lowest BCUT2D eigenvalue weighted by Crippen LogP contribution is -2.50. The molecule has 1 fully saturated rings. The van der Waals surface area contributed by atoms with E-state index in [4.69, 9.17) is 9.15 Å². The number of ether oxygens (including phenoxy) is 1. The summed E-state index contributed by atoms with van der Waals surface area (Å²) in [5, 5.41) is 17.8. The van der Waals surface area contributed by atoms with Gasteiger partial charge in [0.2, 0.25) is 5.91 Å². The molecule has 3 rings (SSSR count). The third kappa shape index (κ3) is 4.84. The zero-order valence-corrected chi connectivity index (χ0v) is 17.0. The van der Waals surface area contributed by atoms with Gasteiger partial charge in [-0.05, 0) is 37.5 Å². The van der Waals surface area contributed by atoms with E-state index in [2.05, 4.69) is 16.3 Å². The van der Waals surface area contributed by atoms with E-state index in [0.717, 1.165) is 43.4 Å². The first kappa shape index (κ1) is 20.2. The van der Waals surface area contributed by atoms with Crippen molar-refractivity contribution in [1.82, 2.24) is 15.1 Å². The SMILES string of the molecule is Cc1cccc(OCc2nnc(SCC(=O)N(C)C3(C#N)CCCCC3)o2)c1. The summed E-state index contributed by atoms with van der Waals surface area (Å²) in [6.07, 6.45) is 4.54. The lowest BCUT2D eigenvalue weighted by molar-refractivity contribution is -0.131. The molecule has 0 radical (unpaired) electrons. The highest BCUT2D eigenvalue weighted by molar-refractivity contribution is 7.99. The van der Waals surface area contributed by atoms with Crippen molar-refractivity contribution in [3.05, 3.63) is 35.7 Å². The largest absolute Gasteiger partial charge is 0.484 e. The van der Waals surface area contributed by atoms with E-state index >= 15 is 0 Å². The Morgan fingerprint density at radius 3 is 2.86 bits per heavy atom. The van der Waals surface area contributed by atoms with Crippen LogP contribution in [0.25, 0.3) is 0 Å². The summed E-state index contributed by atoms with van der Waals surface area (Å²) in [5.74, 6) is 1.13. The molecule has 0 unspecified atom stereocenters. The van der Waals surface area contributed by atoms with Crippen molar-refractivity contribution >= 4 is 17.7 Å². The maximum absolute atomic E-state index is 12.6. The Morgan fingerprint density at radius 2 is 2.14 bits per heavy atom. The van der Waals surface area contributed by atoms with Gasteiger partial charge in [0, 0.05) is 7.05 Å². The van der Waals surface area contributed by atoms with Gasteiger partial charge >= 0.3 is 0 Å². The van der Waals surface area contributed by atoms with Gasteiger partial charge in [-0.25, -0.2) is 0 Å². The summed E-state index contributed by atoms with van der Waals surface area (Å²) in [6.45, 7) is 2.16. The van der Waals surface area contributed by atoms with Crippen molar-refractivity contribution in [2.75, 3.05) is 12.8 Å². The van der Waals surface area contributed by atoms with Crippen LogP contribution < -0.4 is 4.74 Å². The predicted octanol–water partition coefficient (Wildman–Crippen LogP) is 3.73. The lowest BCUT2D eigenvalue weighted by atomic mass is 9.81. The van der Waals surface area contributed by atoms with Crippen LogP contribution >= 0.6 is 11.8 Å². The van der Waals surface area contributed by atoms with E-state index in [9.17, 15) is 10.1 Å². The molecule has 1 amide bonds. The van der Waals surface area contributed by atoms with Crippen molar-refractivity contribution < 1.29 is 13.9 Å². The highest BCUT2D eigenvalue weighted by Crippen LogP contribution is 2.33. The van der Waals surface area contributed by atoms with Gasteiger partial charge in [-0.1, -0.05) is 43.2 Å². The molecular formula is C20H24N4O3S. The molecule has 0 atom stereocenters. The normalized spacial score (nSPS) is 15.6. The quantitative estimate of drug-likeness (QED) is 0.654. The minimum atomic E-state index is -0.683. The number of thioether (sulfide) groups is 1. The topological polar surface area (TPSA) is 92.3 Å². The number of carbonyl (C=O) groups is 1. The van der Waals surface area contributed by atoms with Crippen molar-refractivity contribution in [3.63, 3.8) is 0 Å². The van der Waals surface area contributed by atoms with Crippen LogP contribution in [0.5, 0.6) is 5.75 Å². The molecule has 0 N–H and O–H groups in total. The number of hydrogen-bond acceptors (Lipinski definition) is 7.